The second-order valence-corrected chi connectivity index (χ2v) is 7.43. The first kappa shape index (κ1) is 20.3. The van der Waals surface area contributed by atoms with Gasteiger partial charge in [-0.1, -0.05) is 6.07 Å². The molecule has 2 aromatic carbocycles. The minimum absolute atomic E-state index is 0.0206. The van der Waals surface area contributed by atoms with Gasteiger partial charge in [0.2, 0.25) is 0 Å². The van der Waals surface area contributed by atoms with Gasteiger partial charge < -0.3 is 10.3 Å². The van der Waals surface area contributed by atoms with Crippen molar-refractivity contribution in [3.8, 4) is 0 Å². The Morgan fingerprint density at radius 1 is 1.13 bits per heavy atom. The van der Waals surface area contributed by atoms with Crippen LogP contribution in [0.25, 0.3) is 11.0 Å². The summed E-state index contributed by atoms with van der Waals surface area (Å²) in [4.78, 5) is 21.0. The van der Waals surface area contributed by atoms with Crippen molar-refractivity contribution >= 4 is 16.9 Å². The zero-order valence-electron chi connectivity index (χ0n) is 16.0. The Morgan fingerprint density at radius 2 is 1.90 bits per heavy atom. The van der Waals surface area contributed by atoms with E-state index in [0.717, 1.165) is 18.9 Å². The molecule has 1 aliphatic heterocycles. The number of hydrogen-bond donors (Lipinski definition) is 2. The molecule has 0 spiro atoms. The number of carbonyl (C=O) groups is 1. The Kier molecular flexibility index (Phi) is 5.72. The van der Waals surface area contributed by atoms with Gasteiger partial charge in [0.1, 0.15) is 0 Å². The maximum atomic E-state index is 13.4. The lowest BCUT2D eigenvalue weighted by Crippen LogP contribution is -2.44. The predicted molar refractivity (Wildman–Crippen MR) is 103 cm³/mol. The van der Waals surface area contributed by atoms with Crippen molar-refractivity contribution in [3.05, 3.63) is 65.0 Å². The van der Waals surface area contributed by atoms with E-state index in [0.29, 0.717) is 41.8 Å². The number of alkyl halides is 2. The Balaban J connectivity index is 1.32. The monoisotopic (exact) mass is 420 g/mol. The van der Waals surface area contributed by atoms with E-state index in [9.17, 15) is 22.4 Å². The molecule has 0 bridgehead atoms. The van der Waals surface area contributed by atoms with Crippen LogP contribution in [0.4, 0.5) is 17.6 Å². The van der Waals surface area contributed by atoms with Crippen molar-refractivity contribution in [2.75, 3.05) is 13.1 Å². The number of likely N-dealkylation sites (tertiary alicyclic amines) is 1. The highest BCUT2D eigenvalue weighted by atomic mass is 19.3. The first-order valence-electron chi connectivity index (χ1n) is 9.64. The van der Waals surface area contributed by atoms with Crippen molar-refractivity contribution in [2.45, 2.75) is 31.9 Å². The third-order valence-corrected chi connectivity index (χ3v) is 5.28. The number of imidazole rings is 1. The van der Waals surface area contributed by atoms with Gasteiger partial charge in [-0.15, -0.1) is 0 Å². The summed E-state index contributed by atoms with van der Waals surface area (Å²) < 4.78 is 51.9. The van der Waals surface area contributed by atoms with E-state index in [2.05, 4.69) is 20.2 Å². The maximum absolute atomic E-state index is 13.4. The number of rotatable bonds is 5. The topological polar surface area (TPSA) is 61.0 Å². The molecule has 3 aromatic rings. The summed E-state index contributed by atoms with van der Waals surface area (Å²) in [5, 5.41) is 2.97. The number of piperidine rings is 1. The van der Waals surface area contributed by atoms with Crippen LogP contribution in [0.15, 0.2) is 36.4 Å². The van der Waals surface area contributed by atoms with Crippen LogP contribution in [0, 0.1) is 11.6 Å². The van der Waals surface area contributed by atoms with Gasteiger partial charge in [0.25, 0.3) is 12.3 Å². The number of benzene rings is 2. The average molecular weight is 420 g/mol. The van der Waals surface area contributed by atoms with Gasteiger partial charge in [-0.2, -0.15) is 0 Å². The largest absolute Gasteiger partial charge is 0.349 e. The molecule has 158 valence electrons. The molecule has 0 aliphatic carbocycles. The lowest BCUT2D eigenvalue weighted by molar-refractivity contribution is 0.0909. The molecule has 0 atom stereocenters. The lowest BCUT2D eigenvalue weighted by atomic mass is 10.0. The van der Waals surface area contributed by atoms with Crippen molar-refractivity contribution < 1.29 is 22.4 Å². The summed E-state index contributed by atoms with van der Waals surface area (Å²) in [6, 6.07) is 8.49. The first-order chi connectivity index (χ1) is 14.4. The lowest BCUT2D eigenvalue weighted by Gasteiger charge is -2.32. The summed E-state index contributed by atoms with van der Waals surface area (Å²) in [5.74, 6) is -2.41. The van der Waals surface area contributed by atoms with Gasteiger partial charge in [-0.05, 0) is 48.7 Å². The second kappa shape index (κ2) is 8.43. The van der Waals surface area contributed by atoms with E-state index in [1.807, 2.05) is 0 Å². The smallest absolute Gasteiger partial charge is 0.295 e. The molecule has 5 nitrogen and oxygen atoms in total. The van der Waals surface area contributed by atoms with E-state index in [1.54, 1.807) is 12.1 Å². The van der Waals surface area contributed by atoms with E-state index >= 15 is 0 Å². The second-order valence-electron chi connectivity index (χ2n) is 7.43. The summed E-state index contributed by atoms with van der Waals surface area (Å²) in [5.41, 5.74) is 1.84. The Morgan fingerprint density at radius 3 is 2.60 bits per heavy atom. The highest BCUT2D eigenvalue weighted by Crippen LogP contribution is 2.21. The van der Waals surface area contributed by atoms with Crippen LogP contribution >= 0.6 is 0 Å². The third-order valence-electron chi connectivity index (χ3n) is 5.28. The molecule has 2 heterocycles. The number of amides is 1. The number of halogens is 4. The van der Waals surface area contributed by atoms with Crippen molar-refractivity contribution in [2.24, 2.45) is 0 Å². The van der Waals surface area contributed by atoms with Crippen LogP contribution in [-0.4, -0.2) is 39.9 Å². The predicted octanol–water partition coefficient (Wildman–Crippen LogP) is 4.17. The summed E-state index contributed by atoms with van der Waals surface area (Å²) in [7, 11) is 0. The van der Waals surface area contributed by atoms with Crippen molar-refractivity contribution in [1.29, 1.82) is 0 Å². The Bertz CT molecular complexity index is 1060. The number of hydrogen-bond acceptors (Lipinski definition) is 3. The standard InChI is InChI=1S/C21H20F4N4O/c22-15-3-1-12(9-16(15)23)11-29-7-5-14(6-8-29)26-21(30)13-2-4-17-18(10-13)28-20(27-17)19(24)25/h1-4,9-10,14,19H,5-8,11H2,(H,26,30)(H,27,28). The minimum atomic E-state index is -2.70. The third kappa shape index (κ3) is 4.46. The van der Waals surface area contributed by atoms with E-state index < -0.39 is 23.9 Å². The molecule has 0 radical (unpaired) electrons. The number of H-pyrrole nitrogens is 1. The van der Waals surface area contributed by atoms with Crippen LogP contribution in [0.3, 0.4) is 0 Å². The molecule has 4 rings (SSSR count). The Labute approximate surface area is 170 Å². The van der Waals surface area contributed by atoms with Crippen LogP contribution in [-0.2, 0) is 6.54 Å². The summed E-state index contributed by atoms with van der Waals surface area (Å²) in [6.45, 7) is 1.93. The van der Waals surface area contributed by atoms with Crippen molar-refractivity contribution in [3.63, 3.8) is 0 Å². The zero-order chi connectivity index (χ0) is 21.3. The van der Waals surface area contributed by atoms with Crippen LogP contribution < -0.4 is 5.32 Å². The fourth-order valence-electron chi connectivity index (χ4n) is 3.67. The molecular formula is C21H20F4N4O. The van der Waals surface area contributed by atoms with Crippen LogP contribution in [0.5, 0.6) is 0 Å². The van der Waals surface area contributed by atoms with Gasteiger partial charge in [0, 0.05) is 31.2 Å². The van der Waals surface area contributed by atoms with Crippen LogP contribution in [0.2, 0.25) is 0 Å². The highest BCUT2D eigenvalue weighted by molar-refractivity contribution is 5.97. The van der Waals surface area contributed by atoms with E-state index in [-0.39, 0.29) is 11.9 Å². The molecule has 2 N–H and O–H groups in total. The fraction of sp³-hybridized carbons (Fsp3) is 0.333. The molecule has 0 saturated carbocycles. The first-order valence-corrected chi connectivity index (χ1v) is 9.64. The highest BCUT2D eigenvalue weighted by Gasteiger charge is 2.22. The fourth-order valence-corrected chi connectivity index (χ4v) is 3.67. The van der Waals surface area contributed by atoms with Gasteiger partial charge in [0.15, 0.2) is 17.5 Å². The molecule has 9 heteroatoms. The average Bonchev–Trinajstić information content (AvgIpc) is 3.16. The molecule has 1 aromatic heterocycles. The quantitative estimate of drug-likeness (QED) is 0.609. The molecule has 30 heavy (non-hydrogen) atoms. The zero-order valence-corrected chi connectivity index (χ0v) is 16.0. The van der Waals surface area contributed by atoms with Gasteiger partial charge >= 0.3 is 0 Å². The van der Waals surface area contributed by atoms with E-state index in [4.69, 9.17) is 0 Å². The van der Waals surface area contributed by atoms with Crippen molar-refractivity contribution in [1.82, 2.24) is 20.2 Å². The molecule has 1 aliphatic rings. The van der Waals surface area contributed by atoms with Gasteiger partial charge in [-0.25, -0.2) is 22.5 Å². The number of nitrogens with zero attached hydrogens (tertiary/aromatic N) is 2. The normalized spacial score (nSPS) is 15.8. The number of aromatic amines is 1. The molecule has 1 amide bonds. The van der Waals surface area contributed by atoms with Gasteiger partial charge in [-0.3, -0.25) is 9.69 Å². The SMILES string of the molecule is O=C(NC1CCN(Cc2ccc(F)c(F)c2)CC1)c1ccc2nc(C(F)F)[nH]c2c1. The number of aromatic nitrogens is 2. The van der Waals surface area contributed by atoms with Gasteiger partial charge in [0.05, 0.1) is 11.0 Å². The molecule has 0 unspecified atom stereocenters. The number of nitrogens with one attached hydrogen (secondary N) is 2. The van der Waals surface area contributed by atoms with Crippen LogP contribution in [0.1, 0.15) is 41.0 Å². The Hall–Kier alpha value is -2.94. The molecule has 1 fully saturated rings. The summed E-state index contributed by atoms with van der Waals surface area (Å²) >= 11 is 0. The maximum Gasteiger partial charge on any atom is 0.295 e. The number of fused-ring (bicyclic) bond motifs is 1. The molecule has 1 saturated heterocycles. The van der Waals surface area contributed by atoms with E-state index in [1.165, 1.54) is 18.2 Å². The number of carbonyl (C=O) groups excluding carboxylic acids is 1. The summed E-state index contributed by atoms with van der Waals surface area (Å²) in [6.07, 6.45) is -1.26. The molecular weight excluding hydrogens is 400 g/mol. The minimum Gasteiger partial charge on any atom is -0.349 e.